The number of H-pyrrole nitrogens is 1. The lowest BCUT2D eigenvalue weighted by molar-refractivity contribution is 0.105. The molecular formula is C28H20F2N4O3. The molecule has 37 heavy (non-hydrogen) atoms. The molecular weight excluding hydrogens is 478 g/mol. The Hall–Kier alpha value is -4.89. The van der Waals surface area contributed by atoms with Crippen molar-refractivity contribution in [3.8, 4) is 0 Å². The van der Waals surface area contributed by atoms with Gasteiger partial charge in [-0.2, -0.15) is 0 Å². The Bertz CT molecular complexity index is 1600. The van der Waals surface area contributed by atoms with Crippen LogP contribution in [-0.4, -0.2) is 30.9 Å². The highest BCUT2D eigenvalue weighted by Crippen LogP contribution is 2.30. The molecule has 5 rings (SSSR count). The van der Waals surface area contributed by atoms with Crippen LogP contribution in [0.4, 0.5) is 14.5 Å². The maximum Gasteiger partial charge on any atom is 0.200 e. The van der Waals surface area contributed by atoms with E-state index in [1.807, 2.05) is 0 Å². The number of hydrogen-bond acceptors (Lipinski definition) is 6. The van der Waals surface area contributed by atoms with Crippen molar-refractivity contribution in [2.24, 2.45) is 0 Å². The van der Waals surface area contributed by atoms with Crippen LogP contribution in [0.5, 0.6) is 0 Å². The predicted octanol–water partition coefficient (Wildman–Crippen LogP) is 5.65. The number of aliphatic hydroxyl groups excluding tert-OH is 2. The molecule has 0 saturated carbocycles. The van der Waals surface area contributed by atoms with Crippen LogP contribution in [0.15, 0.2) is 91.3 Å². The number of allylic oxidation sites excluding steroid dienone is 1. The Balaban J connectivity index is 1.58. The number of benzene rings is 3. The lowest BCUT2D eigenvalue weighted by Gasteiger charge is -2.13. The van der Waals surface area contributed by atoms with E-state index in [0.29, 0.717) is 28.4 Å². The minimum Gasteiger partial charge on any atom is -0.506 e. The summed E-state index contributed by atoms with van der Waals surface area (Å²) >= 11 is 0. The fourth-order valence-corrected chi connectivity index (χ4v) is 3.89. The summed E-state index contributed by atoms with van der Waals surface area (Å²) in [5.74, 6) is -3.01. The summed E-state index contributed by atoms with van der Waals surface area (Å²) < 4.78 is 27.8. The highest BCUT2D eigenvalue weighted by atomic mass is 19.1. The highest BCUT2D eigenvalue weighted by molar-refractivity contribution is 6.33. The average molecular weight is 498 g/mol. The number of nitrogens with zero attached hydrogens (tertiary/aromatic N) is 2. The third kappa shape index (κ3) is 5.07. The van der Waals surface area contributed by atoms with Crippen LogP contribution in [0.3, 0.4) is 0 Å². The number of anilines is 1. The molecule has 2 heterocycles. The van der Waals surface area contributed by atoms with Gasteiger partial charge >= 0.3 is 0 Å². The molecule has 7 nitrogen and oxygen atoms in total. The zero-order chi connectivity index (χ0) is 25.9. The van der Waals surface area contributed by atoms with E-state index in [1.165, 1.54) is 6.20 Å². The number of fused-ring (bicyclic) bond motifs is 1. The zero-order valence-electron chi connectivity index (χ0n) is 19.2. The average Bonchev–Trinajstić information content (AvgIpc) is 3.32. The maximum atomic E-state index is 13.9. The van der Waals surface area contributed by atoms with Crippen molar-refractivity contribution in [1.29, 1.82) is 0 Å². The standard InChI is InChI=1S/C28H20F2N4O3/c29-19-11-18(12-20(30)13-19)26(36)24(25(35)16-5-2-1-3-6-16)27-33-22-9-8-21(14-23(22)34-27)32-28(37)17-7-4-10-31-15-17/h1-15,28,32,36-37H,(H,33,34). The van der Waals surface area contributed by atoms with Gasteiger partial charge in [-0.15, -0.1) is 0 Å². The van der Waals surface area contributed by atoms with Gasteiger partial charge < -0.3 is 20.5 Å². The van der Waals surface area contributed by atoms with E-state index < -0.39 is 29.4 Å². The second kappa shape index (κ2) is 10.00. The molecule has 184 valence electrons. The van der Waals surface area contributed by atoms with Crippen molar-refractivity contribution in [1.82, 2.24) is 15.0 Å². The molecule has 2 aromatic heterocycles. The van der Waals surface area contributed by atoms with Crippen molar-refractivity contribution in [2.75, 3.05) is 5.32 Å². The molecule has 0 radical (unpaired) electrons. The number of Topliss-reactive ketones (excluding diaryl/α,β-unsaturated/α-hetero) is 1. The number of pyridine rings is 1. The number of aromatic nitrogens is 3. The van der Waals surface area contributed by atoms with Crippen molar-refractivity contribution in [3.63, 3.8) is 0 Å². The van der Waals surface area contributed by atoms with Gasteiger partial charge in [-0.3, -0.25) is 9.78 Å². The monoisotopic (exact) mass is 498 g/mol. The molecule has 0 bridgehead atoms. The van der Waals surface area contributed by atoms with Gasteiger partial charge in [0.2, 0.25) is 5.78 Å². The summed E-state index contributed by atoms with van der Waals surface area (Å²) in [6, 6.07) is 19.2. The molecule has 4 N–H and O–H groups in total. The quantitative estimate of drug-likeness (QED) is 0.0999. The molecule has 3 aromatic carbocycles. The van der Waals surface area contributed by atoms with E-state index in [-0.39, 0.29) is 22.5 Å². The molecule has 0 amide bonds. The molecule has 1 atom stereocenters. The minimum absolute atomic E-state index is 0.0102. The Labute approximate surface area is 209 Å². The number of aromatic amines is 1. The maximum absolute atomic E-state index is 13.9. The summed E-state index contributed by atoms with van der Waals surface area (Å²) in [6.07, 6.45) is 2.12. The summed E-state index contributed by atoms with van der Waals surface area (Å²) in [5.41, 5.74) is 1.87. The third-order valence-corrected chi connectivity index (χ3v) is 5.66. The van der Waals surface area contributed by atoms with Crippen LogP contribution in [-0.2, 0) is 0 Å². The van der Waals surface area contributed by atoms with E-state index in [0.717, 1.165) is 12.1 Å². The molecule has 0 spiro atoms. The highest BCUT2D eigenvalue weighted by Gasteiger charge is 2.24. The Morgan fingerprint density at radius 1 is 0.919 bits per heavy atom. The zero-order valence-corrected chi connectivity index (χ0v) is 19.2. The number of hydrogen-bond donors (Lipinski definition) is 4. The van der Waals surface area contributed by atoms with E-state index >= 15 is 0 Å². The Kier molecular flexibility index (Phi) is 6.44. The minimum atomic E-state index is -1.02. The first-order valence-electron chi connectivity index (χ1n) is 11.2. The first kappa shape index (κ1) is 23.8. The topological polar surface area (TPSA) is 111 Å². The molecule has 9 heteroatoms. The second-order valence-electron chi connectivity index (χ2n) is 8.23. The van der Waals surface area contributed by atoms with Gasteiger partial charge in [0.15, 0.2) is 6.23 Å². The summed E-state index contributed by atoms with van der Waals surface area (Å²) in [4.78, 5) is 24.9. The first-order chi connectivity index (χ1) is 17.9. The van der Waals surface area contributed by atoms with Gasteiger partial charge in [0, 0.05) is 40.8 Å². The van der Waals surface area contributed by atoms with Gasteiger partial charge in [-0.25, -0.2) is 13.8 Å². The lowest BCUT2D eigenvalue weighted by Crippen LogP contribution is -2.09. The van der Waals surface area contributed by atoms with Gasteiger partial charge in [-0.05, 0) is 36.4 Å². The first-order valence-corrected chi connectivity index (χ1v) is 11.2. The normalized spacial score (nSPS) is 12.7. The smallest absolute Gasteiger partial charge is 0.200 e. The molecule has 0 aliphatic heterocycles. The van der Waals surface area contributed by atoms with E-state index in [9.17, 15) is 23.8 Å². The fourth-order valence-electron chi connectivity index (χ4n) is 3.89. The molecule has 5 aromatic rings. The number of imidazole rings is 1. The van der Waals surface area contributed by atoms with Crippen LogP contribution in [0.25, 0.3) is 22.4 Å². The fraction of sp³-hybridized carbons (Fsp3) is 0.0357. The SMILES string of the molecule is O=C(C(=C(O)c1cc(F)cc(F)c1)c1nc2ccc(NC(O)c3cccnc3)cc2[nH]1)c1ccccc1. The number of nitrogens with one attached hydrogen (secondary N) is 2. The van der Waals surface area contributed by atoms with Gasteiger partial charge in [0.1, 0.15) is 28.8 Å². The van der Waals surface area contributed by atoms with Crippen molar-refractivity contribution < 1.29 is 23.8 Å². The van der Waals surface area contributed by atoms with Crippen molar-refractivity contribution in [2.45, 2.75) is 6.23 Å². The van der Waals surface area contributed by atoms with E-state index in [4.69, 9.17) is 0 Å². The van der Waals surface area contributed by atoms with Crippen LogP contribution in [0, 0.1) is 11.6 Å². The van der Waals surface area contributed by atoms with Crippen LogP contribution in [0.1, 0.15) is 33.5 Å². The molecule has 0 aliphatic carbocycles. The predicted molar refractivity (Wildman–Crippen MR) is 135 cm³/mol. The number of ketones is 1. The molecule has 0 saturated heterocycles. The van der Waals surface area contributed by atoms with Gasteiger partial charge in [0.25, 0.3) is 0 Å². The van der Waals surface area contributed by atoms with Crippen LogP contribution < -0.4 is 5.32 Å². The number of rotatable bonds is 7. The van der Waals surface area contributed by atoms with Gasteiger partial charge in [-0.1, -0.05) is 36.4 Å². The lowest BCUT2D eigenvalue weighted by atomic mass is 9.98. The van der Waals surface area contributed by atoms with Crippen LogP contribution in [0.2, 0.25) is 0 Å². The number of carbonyl (C=O) groups excluding carboxylic acids is 1. The Morgan fingerprint density at radius 3 is 2.38 bits per heavy atom. The van der Waals surface area contributed by atoms with Gasteiger partial charge in [0.05, 0.1) is 11.0 Å². The van der Waals surface area contributed by atoms with E-state index in [2.05, 4.69) is 20.3 Å². The summed E-state index contributed by atoms with van der Waals surface area (Å²) in [7, 11) is 0. The summed E-state index contributed by atoms with van der Waals surface area (Å²) in [5, 5.41) is 24.5. The number of halogens is 2. The Morgan fingerprint density at radius 2 is 1.68 bits per heavy atom. The largest absolute Gasteiger partial charge is 0.506 e. The molecule has 1 unspecified atom stereocenters. The second-order valence-corrected chi connectivity index (χ2v) is 8.23. The van der Waals surface area contributed by atoms with E-state index in [1.54, 1.807) is 66.9 Å². The third-order valence-electron chi connectivity index (χ3n) is 5.66. The number of aliphatic hydroxyl groups is 2. The van der Waals surface area contributed by atoms with Crippen molar-refractivity contribution >= 4 is 33.8 Å². The number of carbonyl (C=O) groups is 1. The summed E-state index contributed by atoms with van der Waals surface area (Å²) in [6.45, 7) is 0. The van der Waals surface area contributed by atoms with Crippen molar-refractivity contribution in [3.05, 3.63) is 125 Å². The molecule has 0 fully saturated rings. The van der Waals surface area contributed by atoms with Crippen LogP contribution >= 0.6 is 0 Å². The molecule has 0 aliphatic rings.